The second kappa shape index (κ2) is 9.91. The van der Waals surface area contributed by atoms with Gasteiger partial charge in [0.25, 0.3) is 17.4 Å². The second-order valence-electron chi connectivity index (χ2n) is 9.77. The molecule has 2 aliphatic rings. The van der Waals surface area contributed by atoms with E-state index in [1.165, 1.54) is 15.3 Å². The molecule has 1 aliphatic heterocycles. The van der Waals surface area contributed by atoms with E-state index in [1.54, 1.807) is 51.9 Å². The smallest absolute Gasteiger partial charge is 0.267 e. The van der Waals surface area contributed by atoms with E-state index in [1.807, 2.05) is 30.3 Å². The summed E-state index contributed by atoms with van der Waals surface area (Å²) in [5, 5.41) is 1.47. The summed E-state index contributed by atoms with van der Waals surface area (Å²) in [5.74, 6) is 0.937. The van der Waals surface area contributed by atoms with Crippen LogP contribution in [-0.2, 0) is 12.8 Å². The van der Waals surface area contributed by atoms with Gasteiger partial charge >= 0.3 is 0 Å². The van der Waals surface area contributed by atoms with Crippen LogP contribution >= 0.6 is 23.1 Å². The van der Waals surface area contributed by atoms with Crippen molar-refractivity contribution < 1.29 is 9.59 Å². The number of fused-ring (bicyclic) bond motifs is 4. The lowest BCUT2D eigenvalue weighted by Gasteiger charge is -2.18. The third-order valence-corrected chi connectivity index (χ3v) is 9.37. The Labute approximate surface area is 223 Å². The first-order chi connectivity index (χ1) is 18.0. The molecule has 0 radical (unpaired) electrons. The Bertz CT molecular complexity index is 1540. The van der Waals surface area contributed by atoms with Crippen LogP contribution in [0.25, 0.3) is 15.9 Å². The van der Waals surface area contributed by atoms with Gasteiger partial charge in [0.15, 0.2) is 5.16 Å². The van der Waals surface area contributed by atoms with Crippen molar-refractivity contribution in [3.63, 3.8) is 0 Å². The van der Waals surface area contributed by atoms with E-state index in [9.17, 15) is 14.4 Å². The van der Waals surface area contributed by atoms with Crippen LogP contribution in [0.3, 0.4) is 0 Å². The van der Waals surface area contributed by atoms with E-state index in [2.05, 4.69) is 6.92 Å². The molecule has 3 heterocycles. The number of amides is 2. The molecule has 1 unspecified atom stereocenters. The van der Waals surface area contributed by atoms with Gasteiger partial charge in [-0.25, -0.2) is 4.98 Å². The maximum absolute atomic E-state index is 13.8. The number of unbranched alkanes of at least 4 members (excludes halogenated alkanes) is 1. The molecule has 188 valence electrons. The lowest BCUT2D eigenvalue weighted by molar-refractivity contribution is 0.0652. The topological polar surface area (TPSA) is 72.3 Å². The largest absolute Gasteiger partial charge is 0.274 e. The summed E-state index contributed by atoms with van der Waals surface area (Å²) in [7, 11) is 0. The summed E-state index contributed by atoms with van der Waals surface area (Å²) in [6, 6.07) is 16.7. The number of aromatic nitrogens is 2. The van der Waals surface area contributed by atoms with Crippen LogP contribution in [0.5, 0.6) is 0 Å². The highest BCUT2D eigenvalue weighted by Gasteiger charge is 2.34. The van der Waals surface area contributed by atoms with Crippen molar-refractivity contribution in [1.29, 1.82) is 0 Å². The lowest BCUT2D eigenvalue weighted by Crippen LogP contribution is -2.30. The zero-order valence-corrected chi connectivity index (χ0v) is 22.2. The zero-order chi connectivity index (χ0) is 25.5. The van der Waals surface area contributed by atoms with Crippen molar-refractivity contribution in [2.24, 2.45) is 5.92 Å². The fourth-order valence-electron chi connectivity index (χ4n) is 5.25. The Morgan fingerprint density at radius 1 is 0.973 bits per heavy atom. The fraction of sp³-hybridized carbons (Fsp3) is 0.310. The van der Waals surface area contributed by atoms with Gasteiger partial charge in [0.05, 0.1) is 22.2 Å². The van der Waals surface area contributed by atoms with Crippen LogP contribution in [0.2, 0.25) is 0 Å². The molecule has 0 bridgehead atoms. The van der Waals surface area contributed by atoms with Crippen molar-refractivity contribution >= 4 is 45.1 Å². The predicted molar refractivity (Wildman–Crippen MR) is 148 cm³/mol. The van der Waals surface area contributed by atoms with Crippen LogP contribution in [0.1, 0.15) is 57.3 Å². The number of para-hydroxylation sites is 1. The summed E-state index contributed by atoms with van der Waals surface area (Å²) in [5.41, 5.74) is 2.99. The van der Waals surface area contributed by atoms with Gasteiger partial charge in [0.2, 0.25) is 0 Å². The molecule has 6 rings (SSSR count). The highest BCUT2D eigenvalue weighted by molar-refractivity contribution is 7.99. The monoisotopic (exact) mass is 529 g/mol. The first-order valence-corrected chi connectivity index (χ1v) is 14.5. The molecule has 0 fully saturated rings. The summed E-state index contributed by atoms with van der Waals surface area (Å²) < 4.78 is 1.75. The summed E-state index contributed by atoms with van der Waals surface area (Å²) in [6.45, 7) is 2.66. The summed E-state index contributed by atoms with van der Waals surface area (Å²) in [4.78, 5) is 47.5. The number of carbonyl (C=O) groups excluding carboxylic acids is 2. The Balaban J connectivity index is 1.21. The number of thiophene rings is 1. The number of nitrogens with zero attached hydrogens (tertiary/aromatic N) is 3. The minimum atomic E-state index is -0.214. The van der Waals surface area contributed by atoms with E-state index >= 15 is 0 Å². The second-order valence-corrected chi connectivity index (χ2v) is 11.9. The first kappa shape index (κ1) is 24.1. The highest BCUT2D eigenvalue weighted by Crippen LogP contribution is 2.37. The van der Waals surface area contributed by atoms with Gasteiger partial charge in [-0.15, -0.1) is 11.3 Å². The molecule has 1 atom stereocenters. The number of thioether (sulfide) groups is 1. The normalized spacial score (nSPS) is 16.9. The number of rotatable bonds is 7. The molecule has 0 N–H and O–H groups in total. The Hall–Kier alpha value is -3.23. The molecule has 6 nitrogen and oxygen atoms in total. The van der Waals surface area contributed by atoms with Crippen molar-refractivity contribution in [3.8, 4) is 5.69 Å². The molecule has 8 heteroatoms. The summed E-state index contributed by atoms with van der Waals surface area (Å²) in [6.07, 6.45) is 4.54. The highest BCUT2D eigenvalue weighted by atomic mass is 32.2. The van der Waals surface area contributed by atoms with Gasteiger partial charge in [-0.1, -0.05) is 49.0 Å². The molecular weight excluding hydrogens is 502 g/mol. The lowest BCUT2D eigenvalue weighted by atomic mass is 9.89. The van der Waals surface area contributed by atoms with Crippen LogP contribution in [0.15, 0.2) is 64.5 Å². The van der Waals surface area contributed by atoms with E-state index in [0.717, 1.165) is 47.3 Å². The van der Waals surface area contributed by atoms with Gasteiger partial charge in [-0.3, -0.25) is 23.9 Å². The third-order valence-electron chi connectivity index (χ3n) is 7.20. The number of imide groups is 1. The zero-order valence-electron chi connectivity index (χ0n) is 20.6. The summed E-state index contributed by atoms with van der Waals surface area (Å²) >= 11 is 3.23. The van der Waals surface area contributed by atoms with E-state index in [0.29, 0.717) is 35.2 Å². The van der Waals surface area contributed by atoms with Crippen molar-refractivity contribution in [2.45, 2.75) is 44.2 Å². The van der Waals surface area contributed by atoms with Crippen LogP contribution < -0.4 is 5.56 Å². The van der Waals surface area contributed by atoms with Gasteiger partial charge < -0.3 is 0 Å². The fourth-order valence-corrected chi connectivity index (χ4v) is 7.69. The van der Waals surface area contributed by atoms with Crippen LogP contribution in [0.4, 0.5) is 0 Å². The molecule has 1 aliphatic carbocycles. The number of benzene rings is 2. The molecule has 2 aromatic heterocycles. The Morgan fingerprint density at radius 3 is 2.41 bits per heavy atom. The minimum absolute atomic E-state index is 0.0109. The molecule has 37 heavy (non-hydrogen) atoms. The average Bonchev–Trinajstić information content (AvgIpc) is 3.39. The number of hydrogen-bond donors (Lipinski definition) is 0. The molecule has 4 aromatic rings. The number of hydrogen-bond acceptors (Lipinski definition) is 6. The minimum Gasteiger partial charge on any atom is -0.274 e. The van der Waals surface area contributed by atoms with E-state index in [-0.39, 0.29) is 17.4 Å². The van der Waals surface area contributed by atoms with Crippen molar-refractivity contribution in [1.82, 2.24) is 14.5 Å². The van der Waals surface area contributed by atoms with Gasteiger partial charge in [-0.05, 0) is 67.9 Å². The maximum atomic E-state index is 13.8. The molecule has 2 amide bonds. The average molecular weight is 530 g/mol. The van der Waals surface area contributed by atoms with Crippen molar-refractivity contribution in [3.05, 3.63) is 86.5 Å². The molecule has 0 saturated carbocycles. The standard InChI is InChI=1S/C29H27N3O3S2/c1-18-13-14-22-23(17-18)37-25-24(22)28(35)32(19-9-3-2-4-10-19)29(30-25)36-16-8-7-15-31-26(33)20-11-5-6-12-21(20)27(31)34/h2-6,9-12,18H,7-8,13-17H2,1H3. The molecule has 2 aromatic carbocycles. The molecule has 0 saturated heterocycles. The third kappa shape index (κ3) is 4.32. The SMILES string of the molecule is CC1CCc2c(sc3nc(SCCCCN4C(=O)c5ccccc5C4=O)n(-c4ccccc4)c(=O)c23)C1. The van der Waals surface area contributed by atoms with Crippen LogP contribution in [-0.4, -0.2) is 38.6 Å². The van der Waals surface area contributed by atoms with E-state index < -0.39 is 0 Å². The Morgan fingerprint density at radius 2 is 1.68 bits per heavy atom. The maximum Gasteiger partial charge on any atom is 0.267 e. The van der Waals surface area contributed by atoms with Gasteiger partial charge in [0.1, 0.15) is 4.83 Å². The quantitative estimate of drug-likeness (QED) is 0.132. The number of aryl methyl sites for hydroxylation is 1. The molecule has 0 spiro atoms. The number of carbonyl (C=O) groups is 2. The molecular formula is C29H27N3O3S2. The van der Waals surface area contributed by atoms with E-state index in [4.69, 9.17) is 4.98 Å². The van der Waals surface area contributed by atoms with Gasteiger partial charge in [-0.2, -0.15) is 0 Å². The predicted octanol–water partition coefficient (Wildman–Crippen LogP) is 5.74. The first-order valence-electron chi connectivity index (χ1n) is 12.7. The van der Waals surface area contributed by atoms with Crippen molar-refractivity contribution in [2.75, 3.05) is 12.3 Å². The van der Waals surface area contributed by atoms with Crippen LogP contribution in [0, 0.1) is 5.92 Å². The van der Waals surface area contributed by atoms with Gasteiger partial charge in [0, 0.05) is 17.2 Å². The Kier molecular flexibility index (Phi) is 6.46.